The van der Waals surface area contributed by atoms with Crippen LogP contribution < -0.4 is 0 Å². The van der Waals surface area contributed by atoms with Gasteiger partial charge in [0.1, 0.15) is 5.76 Å². The van der Waals surface area contributed by atoms with Gasteiger partial charge < -0.3 is 4.84 Å². The number of hydrogen-bond acceptors (Lipinski definition) is 2. The summed E-state index contributed by atoms with van der Waals surface area (Å²) in [7, 11) is 0. The molecule has 0 atom stereocenters. The van der Waals surface area contributed by atoms with E-state index in [1.807, 2.05) is 0 Å². The average molecular weight is 99.1 g/mol. The molecule has 0 spiro atoms. The highest BCUT2D eigenvalue weighted by atomic mass is 16.6. The molecule has 40 valence electrons. The Bertz CT molecular complexity index is 86.1. The zero-order chi connectivity index (χ0) is 5.70. The fourth-order valence-electron chi connectivity index (χ4n) is 0.143. The van der Waals surface area contributed by atoms with Crippen LogP contribution in [0, 0.1) is 0 Å². The number of rotatable bonds is 2. The van der Waals surface area contributed by atoms with Crippen molar-refractivity contribution < 1.29 is 4.84 Å². The first-order valence-electron chi connectivity index (χ1n) is 2.08. The highest BCUT2D eigenvalue weighted by Crippen LogP contribution is 1.87. The number of hydrogen-bond donors (Lipinski definition) is 0. The molecule has 0 saturated carbocycles. The fraction of sp³-hybridized carbons (Fsp3) is 0.400. The van der Waals surface area contributed by atoms with E-state index in [-0.39, 0.29) is 0 Å². The van der Waals surface area contributed by atoms with Gasteiger partial charge in [0, 0.05) is 6.21 Å². The molecule has 0 rings (SSSR count). The van der Waals surface area contributed by atoms with Crippen LogP contribution in [0.15, 0.2) is 17.5 Å². The molecule has 2 nitrogen and oxygen atoms in total. The Morgan fingerprint density at radius 1 is 1.86 bits per heavy atom. The summed E-state index contributed by atoms with van der Waals surface area (Å²) in [4.78, 5) is 4.57. The quantitative estimate of drug-likeness (QED) is 0.292. The Morgan fingerprint density at radius 3 is 2.57 bits per heavy atom. The van der Waals surface area contributed by atoms with Gasteiger partial charge in [0.05, 0.1) is 0 Å². The van der Waals surface area contributed by atoms with Gasteiger partial charge in [-0.15, -0.1) is 0 Å². The summed E-state index contributed by atoms with van der Waals surface area (Å²) < 4.78 is 0. The van der Waals surface area contributed by atoms with Gasteiger partial charge in [-0.2, -0.15) is 0 Å². The lowest BCUT2D eigenvalue weighted by molar-refractivity contribution is 0.233. The van der Waals surface area contributed by atoms with Gasteiger partial charge >= 0.3 is 0 Å². The third kappa shape index (κ3) is 5.21. The van der Waals surface area contributed by atoms with Crippen molar-refractivity contribution in [3.63, 3.8) is 0 Å². The summed E-state index contributed by atoms with van der Waals surface area (Å²) >= 11 is 0. The van der Waals surface area contributed by atoms with Crippen molar-refractivity contribution in [1.82, 2.24) is 0 Å². The molecule has 0 unspecified atom stereocenters. The van der Waals surface area contributed by atoms with E-state index in [1.165, 1.54) is 0 Å². The zero-order valence-electron chi connectivity index (χ0n) is 4.64. The maximum absolute atomic E-state index is 4.57. The van der Waals surface area contributed by atoms with Gasteiger partial charge in [-0.05, 0) is 13.8 Å². The van der Waals surface area contributed by atoms with E-state index in [4.69, 9.17) is 0 Å². The molecule has 2 heteroatoms. The normalized spacial score (nSPS) is 9.43. The molecule has 0 heterocycles. The summed E-state index contributed by atoms with van der Waals surface area (Å²) in [5.41, 5.74) is 0. The van der Waals surface area contributed by atoms with Crippen LogP contribution in [0.3, 0.4) is 0 Å². The molecule has 0 amide bonds. The molecule has 0 fully saturated rings. The van der Waals surface area contributed by atoms with Crippen LogP contribution in [0.1, 0.15) is 13.8 Å². The molecule has 0 radical (unpaired) electrons. The Kier molecular flexibility index (Phi) is 3.02. The number of nitrogens with zero attached hydrogens (tertiary/aromatic N) is 1. The topological polar surface area (TPSA) is 21.6 Å². The zero-order valence-corrected chi connectivity index (χ0v) is 4.64. The summed E-state index contributed by atoms with van der Waals surface area (Å²) in [6.45, 7) is 6.98. The van der Waals surface area contributed by atoms with E-state index in [0.717, 1.165) is 0 Å². The van der Waals surface area contributed by atoms with E-state index in [1.54, 1.807) is 20.1 Å². The van der Waals surface area contributed by atoms with Crippen LogP contribution in [0.5, 0.6) is 0 Å². The van der Waals surface area contributed by atoms with Crippen LogP contribution in [-0.2, 0) is 4.84 Å². The van der Waals surface area contributed by atoms with Gasteiger partial charge in [0.2, 0.25) is 0 Å². The standard InChI is InChI=1S/C5H9NO/c1-4-6-7-5(2)3/h4H,2H2,1,3H3/b6-4-. The second kappa shape index (κ2) is 3.40. The van der Waals surface area contributed by atoms with Crippen molar-refractivity contribution in [3.8, 4) is 0 Å². The summed E-state index contributed by atoms with van der Waals surface area (Å²) in [5.74, 6) is 0.609. The molecular weight excluding hydrogens is 90.1 g/mol. The number of allylic oxidation sites excluding steroid dienone is 1. The van der Waals surface area contributed by atoms with E-state index >= 15 is 0 Å². The minimum atomic E-state index is 0.609. The smallest absolute Gasteiger partial charge is 0.124 e. The van der Waals surface area contributed by atoms with Gasteiger partial charge in [0.25, 0.3) is 0 Å². The maximum atomic E-state index is 4.57. The largest absolute Gasteiger partial charge is 0.363 e. The minimum absolute atomic E-state index is 0.609. The highest BCUT2D eigenvalue weighted by molar-refractivity contribution is 5.52. The van der Waals surface area contributed by atoms with Crippen molar-refractivity contribution >= 4 is 6.21 Å². The van der Waals surface area contributed by atoms with Gasteiger partial charge in [-0.25, -0.2) is 0 Å². The predicted octanol–water partition coefficient (Wildman–Crippen LogP) is 1.54. The highest BCUT2D eigenvalue weighted by Gasteiger charge is 1.73. The lowest BCUT2D eigenvalue weighted by Gasteiger charge is -1.89. The summed E-state index contributed by atoms with van der Waals surface area (Å²) in [6, 6.07) is 0. The van der Waals surface area contributed by atoms with Crippen LogP contribution in [0.4, 0.5) is 0 Å². The Balaban J connectivity index is 3.14. The Labute approximate surface area is 43.5 Å². The van der Waals surface area contributed by atoms with E-state index in [0.29, 0.717) is 5.76 Å². The van der Waals surface area contributed by atoms with Crippen LogP contribution in [-0.4, -0.2) is 6.21 Å². The first kappa shape index (κ1) is 6.21. The SMILES string of the molecule is C=C(C)O/N=C\C. The maximum Gasteiger partial charge on any atom is 0.124 e. The molecule has 0 N–H and O–H groups in total. The van der Waals surface area contributed by atoms with Crippen molar-refractivity contribution in [3.05, 3.63) is 12.3 Å². The van der Waals surface area contributed by atoms with Crippen LogP contribution >= 0.6 is 0 Å². The second-order valence-corrected chi connectivity index (χ2v) is 1.16. The first-order chi connectivity index (χ1) is 3.27. The van der Waals surface area contributed by atoms with Crippen molar-refractivity contribution in [2.24, 2.45) is 5.16 Å². The lowest BCUT2D eigenvalue weighted by atomic mass is 10.7. The first-order valence-corrected chi connectivity index (χ1v) is 2.08. The fourth-order valence-corrected chi connectivity index (χ4v) is 0.143. The van der Waals surface area contributed by atoms with Crippen molar-refractivity contribution in [1.29, 1.82) is 0 Å². The summed E-state index contributed by atoms with van der Waals surface area (Å²) in [5, 5.41) is 3.45. The van der Waals surface area contributed by atoms with Gasteiger partial charge in [-0.1, -0.05) is 11.7 Å². The van der Waals surface area contributed by atoms with Crippen LogP contribution in [0.2, 0.25) is 0 Å². The molecule has 0 aliphatic heterocycles. The van der Waals surface area contributed by atoms with Gasteiger partial charge in [0.15, 0.2) is 0 Å². The van der Waals surface area contributed by atoms with Gasteiger partial charge in [-0.3, -0.25) is 0 Å². The predicted molar refractivity (Wildman–Crippen MR) is 30.1 cm³/mol. The van der Waals surface area contributed by atoms with Crippen LogP contribution in [0.25, 0.3) is 0 Å². The molecule has 7 heavy (non-hydrogen) atoms. The van der Waals surface area contributed by atoms with E-state index in [2.05, 4.69) is 16.6 Å². The second-order valence-electron chi connectivity index (χ2n) is 1.16. The van der Waals surface area contributed by atoms with Crippen molar-refractivity contribution in [2.75, 3.05) is 0 Å². The third-order valence-electron chi connectivity index (χ3n) is 0.314. The minimum Gasteiger partial charge on any atom is -0.363 e. The van der Waals surface area contributed by atoms with Crippen molar-refractivity contribution in [2.45, 2.75) is 13.8 Å². The number of oxime groups is 1. The molecule has 0 aliphatic rings. The average Bonchev–Trinajstić information content (AvgIpc) is 1.61. The molecule has 0 saturated heterocycles. The molecular formula is C5H9NO. The molecule has 0 bridgehead atoms. The lowest BCUT2D eigenvalue weighted by Crippen LogP contribution is -1.73. The van der Waals surface area contributed by atoms with E-state index in [9.17, 15) is 0 Å². The Hall–Kier alpha value is -0.790. The third-order valence-corrected chi connectivity index (χ3v) is 0.314. The monoisotopic (exact) mass is 99.1 g/mol. The molecule has 0 aromatic heterocycles. The summed E-state index contributed by atoms with van der Waals surface area (Å²) in [6.07, 6.45) is 1.56. The molecule has 0 aromatic rings. The Morgan fingerprint density at radius 2 is 2.43 bits per heavy atom. The molecule has 0 aliphatic carbocycles. The molecule has 0 aromatic carbocycles. The van der Waals surface area contributed by atoms with E-state index < -0.39 is 0 Å².